The summed E-state index contributed by atoms with van der Waals surface area (Å²) >= 11 is 6.27. The molecule has 1 fully saturated rings. The van der Waals surface area contributed by atoms with Gasteiger partial charge in [0.15, 0.2) is 0 Å². The summed E-state index contributed by atoms with van der Waals surface area (Å²) in [6.45, 7) is 3.89. The van der Waals surface area contributed by atoms with E-state index < -0.39 is 11.5 Å². The van der Waals surface area contributed by atoms with Crippen molar-refractivity contribution in [3.63, 3.8) is 0 Å². The lowest BCUT2D eigenvalue weighted by atomic mass is 10.2. The number of halogens is 1. The molecule has 2 aromatic rings. The van der Waals surface area contributed by atoms with Crippen molar-refractivity contribution in [2.45, 2.75) is 6.42 Å². The zero-order valence-corrected chi connectivity index (χ0v) is 16.5. The van der Waals surface area contributed by atoms with Gasteiger partial charge in [-0.2, -0.15) is 0 Å². The highest BCUT2D eigenvalue weighted by atomic mass is 35.5. The SMILES string of the molecule is COCCCNC(=O)c1cnc(N2CCN(c3ccccc3Cl)CC2)[nH]c1=O. The Hall–Kier alpha value is -2.58. The molecule has 28 heavy (non-hydrogen) atoms. The van der Waals surface area contributed by atoms with Crippen LogP contribution in [0, 0.1) is 0 Å². The molecular weight excluding hydrogens is 382 g/mol. The molecule has 9 heteroatoms. The van der Waals surface area contributed by atoms with Crippen molar-refractivity contribution >= 4 is 29.1 Å². The maximum Gasteiger partial charge on any atom is 0.265 e. The average Bonchev–Trinajstić information content (AvgIpc) is 2.71. The molecule has 150 valence electrons. The topological polar surface area (TPSA) is 90.6 Å². The van der Waals surface area contributed by atoms with Gasteiger partial charge >= 0.3 is 0 Å². The van der Waals surface area contributed by atoms with E-state index in [0.717, 1.165) is 23.8 Å². The lowest BCUT2D eigenvalue weighted by Gasteiger charge is -2.36. The number of aromatic nitrogens is 2. The average molecular weight is 406 g/mol. The number of carbonyl (C=O) groups excluding carboxylic acids is 1. The van der Waals surface area contributed by atoms with Crippen molar-refractivity contribution in [2.75, 3.05) is 56.2 Å². The number of aromatic amines is 1. The quantitative estimate of drug-likeness (QED) is 0.679. The van der Waals surface area contributed by atoms with Gasteiger partial charge in [0.05, 0.1) is 10.7 Å². The summed E-state index contributed by atoms with van der Waals surface area (Å²) in [6.07, 6.45) is 2.02. The Morgan fingerprint density at radius 1 is 1.25 bits per heavy atom. The fourth-order valence-corrected chi connectivity index (χ4v) is 3.34. The zero-order chi connectivity index (χ0) is 19.9. The van der Waals surface area contributed by atoms with E-state index in [9.17, 15) is 9.59 Å². The number of hydrogen-bond donors (Lipinski definition) is 2. The molecule has 0 atom stereocenters. The number of methoxy groups -OCH3 is 1. The Morgan fingerprint density at radius 2 is 1.96 bits per heavy atom. The van der Waals surface area contributed by atoms with Gasteiger partial charge in [-0.05, 0) is 18.6 Å². The fraction of sp³-hybridized carbons (Fsp3) is 0.421. The third-order valence-corrected chi connectivity index (χ3v) is 4.93. The summed E-state index contributed by atoms with van der Waals surface area (Å²) in [7, 11) is 1.60. The second kappa shape index (κ2) is 9.57. The number of ether oxygens (including phenoxy) is 1. The van der Waals surface area contributed by atoms with Crippen molar-refractivity contribution < 1.29 is 9.53 Å². The van der Waals surface area contributed by atoms with E-state index in [4.69, 9.17) is 16.3 Å². The van der Waals surface area contributed by atoms with E-state index in [1.165, 1.54) is 6.20 Å². The van der Waals surface area contributed by atoms with Crippen LogP contribution in [0.1, 0.15) is 16.8 Å². The number of anilines is 2. The first-order chi connectivity index (χ1) is 13.6. The Labute approximate surface area is 168 Å². The van der Waals surface area contributed by atoms with Gasteiger partial charge < -0.3 is 19.9 Å². The van der Waals surface area contributed by atoms with Gasteiger partial charge in [0.2, 0.25) is 5.95 Å². The van der Waals surface area contributed by atoms with E-state index in [1.54, 1.807) is 7.11 Å². The third kappa shape index (κ3) is 4.82. The normalized spacial score (nSPS) is 14.2. The van der Waals surface area contributed by atoms with Crippen molar-refractivity contribution in [1.29, 1.82) is 0 Å². The highest BCUT2D eigenvalue weighted by Gasteiger charge is 2.21. The van der Waals surface area contributed by atoms with Crippen LogP contribution in [0.5, 0.6) is 0 Å². The minimum atomic E-state index is -0.442. The van der Waals surface area contributed by atoms with Gasteiger partial charge in [0, 0.05) is 52.6 Å². The molecule has 3 rings (SSSR count). The third-order valence-electron chi connectivity index (χ3n) is 4.61. The molecule has 0 unspecified atom stereocenters. The molecular formula is C19H24ClN5O3. The summed E-state index contributed by atoms with van der Waals surface area (Å²) in [5, 5.41) is 3.42. The predicted molar refractivity (Wildman–Crippen MR) is 110 cm³/mol. The number of para-hydroxylation sites is 1. The van der Waals surface area contributed by atoms with Gasteiger partial charge in [0.25, 0.3) is 11.5 Å². The minimum Gasteiger partial charge on any atom is -0.385 e. The molecule has 8 nitrogen and oxygen atoms in total. The van der Waals surface area contributed by atoms with E-state index in [0.29, 0.717) is 38.6 Å². The number of piperazine rings is 1. The van der Waals surface area contributed by atoms with Gasteiger partial charge in [-0.15, -0.1) is 0 Å². The summed E-state index contributed by atoms with van der Waals surface area (Å²) < 4.78 is 4.93. The highest BCUT2D eigenvalue weighted by molar-refractivity contribution is 6.33. The summed E-state index contributed by atoms with van der Waals surface area (Å²) in [4.78, 5) is 35.6. The van der Waals surface area contributed by atoms with Crippen molar-refractivity contribution in [3.05, 3.63) is 51.4 Å². The van der Waals surface area contributed by atoms with Crippen LogP contribution in [0.25, 0.3) is 0 Å². The summed E-state index contributed by atoms with van der Waals surface area (Å²) in [6, 6.07) is 7.75. The first-order valence-electron chi connectivity index (χ1n) is 9.21. The van der Waals surface area contributed by atoms with E-state index in [1.807, 2.05) is 29.2 Å². The lowest BCUT2D eigenvalue weighted by molar-refractivity contribution is 0.0946. The van der Waals surface area contributed by atoms with Gasteiger partial charge in [-0.25, -0.2) is 4.98 Å². The number of rotatable bonds is 7. The number of hydrogen-bond acceptors (Lipinski definition) is 6. The molecule has 2 heterocycles. The number of carbonyl (C=O) groups is 1. The van der Waals surface area contributed by atoms with Crippen molar-refractivity contribution in [1.82, 2.24) is 15.3 Å². The Bertz CT molecular complexity index is 865. The fourth-order valence-electron chi connectivity index (χ4n) is 3.09. The molecule has 0 aliphatic carbocycles. The number of nitrogens with one attached hydrogen (secondary N) is 2. The number of benzene rings is 1. The van der Waals surface area contributed by atoms with Crippen molar-refractivity contribution in [3.8, 4) is 0 Å². The van der Waals surface area contributed by atoms with Crippen LogP contribution >= 0.6 is 11.6 Å². The van der Waals surface area contributed by atoms with Crippen LogP contribution in [-0.2, 0) is 4.74 Å². The number of nitrogens with zero attached hydrogens (tertiary/aromatic N) is 3. The molecule has 1 aliphatic rings. The Balaban J connectivity index is 1.60. The molecule has 0 saturated carbocycles. The van der Waals surface area contributed by atoms with E-state index >= 15 is 0 Å². The predicted octanol–water partition coefficient (Wildman–Crippen LogP) is 1.52. The molecule has 1 aromatic carbocycles. The maximum absolute atomic E-state index is 12.3. The van der Waals surface area contributed by atoms with Crippen LogP contribution < -0.4 is 20.7 Å². The second-order valence-corrected chi connectivity index (χ2v) is 6.88. The van der Waals surface area contributed by atoms with E-state index in [2.05, 4.69) is 20.2 Å². The van der Waals surface area contributed by atoms with Crippen LogP contribution in [0.3, 0.4) is 0 Å². The maximum atomic E-state index is 12.3. The lowest BCUT2D eigenvalue weighted by Crippen LogP contribution is -2.47. The monoisotopic (exact) mass is 405 g/mol. The van der Waals surface area contributed by atoms with Crippen LogP contribution in [0.4, 0.5) is 11.6 Å². The zero-order valence-electron chi connectivity index (χ0n) is 15.8. The minimum absolute atomic E-state index is 0.0101. The Kier molecular flexibility index (Phi) is 6.89. The van der Waals surface area contributed by atoms with E-state index in [-0.39, 0.29) is 5.56 Å². The molecule has 1 amide bonds. The molecule has 0 radical (unpaired) electrons. The highest BCUT2D eigenvalue weighted by Crippen LogP contribution is 2.26. The largest absolute Gasteiger partial charge is 0.385 e. The first kappa shape index (κ1) is 20.2. The molecule has 1 aromatic heterocycles. The second-order valence-electron chi connectivity index (χ2n) is 6.48. The van der Waals surface area contributed by atoms with Gasteiger partial charge in [0.1, 0.15) is 5.56 Å². The molecule has 0 bridgehead atoms. The summed E-state index contributed by atoms with van der Waals surface area (Å²) in [5.41, 5.74) is 0.574. The Morgan fingerprint density at radius 3 is 2.64 bits per heavy atom. The van der Waals surface area contributed by atoms with Crippen molar-refractivity contribution in [2.24, 2.45) is 0 Å². The molecule has 0 spiro atoms. The summed E-state index contributed by atoms with van der Waals surface area (Å²) in [5.74, 6) is 0.0414. The van der Waals surface area contributed by atoms with Gasteiger partial charge in [-0.3, -0.25) is 14.6 Å². The number of H-pyrrole nitrogens is 1. The molecule has 1 aliphatic heterocycles. The molecule has 1 saturated heterocycles. The first-order valence-corrected chi connectivity index (χ1v) is 9.59. The van der Waals surface area contributed by atoms with Crippen LogP contribution in [0.2, 0.25) is 5.02 Å². The van der Waals surface area contributed by atoms with Gasteiger partial charge in [-0.1, -0.05) is 23.7 Å². The van der Waals surface area contributed by atoms with Crippen LogP contribution in [0.15, 0.2) is 35.3 Å². The number of amides is 1. The van der Waals surface area contributed by atoms with Crippen LogP contribution in [-0.4, -0.2) is 62.3 Å². The molecule has 2 N–H and O–H groups in total. The smallest absolute Gasteiger partial charge is 0.265 e. The standard InChI is InChI=1S/C19H24ClN5O3/c1-28-12-4-7-21-17(26)14-13-22-19(23-18(14)27)25-10-8-24(9-11-25)16-6-3-2-5-15(16)20/h2-3,5-6,13H,4,7-12H2,1H3,(H,21,26)(H,22,23,27).